The third-order valence-corrected chi connectivity index (χ3v) is 2.33. The first-order chi connectivity index (χ1) is 5.63. The molecule has 0 saturated heterocycles. The molecule has 2 atom stereocenters. The fourth-order valence-corrected chi connectivity index (χ4v) is 1.42. The number of nitrogens with zero attached hydrogens (tertiary/aromatic N) is 1. The van der Waals surface area contributed by atoms with Gasteiger partial charge in [-0.2, -0.15) is 0 Å². The molecule has 0 spiro atoms. The van der Waals surface area contributed by atoms with Gasteiger partial charge in [0.1, 0.15) is 4.60 Å². The van der Waals surface area contributed by atoms with Crippen LogP contribution in [0.5, 0.6) is 0 Å². The molecule has 0 aliphatic rings. The molecule has 1 aromatic heterocycles. The Labute approximate surface area is 79.7 Å². The number of nitrogens with two attached hydrogens (primary N) is 1. The molecule has 0 amide bonds. The summed E-state index contributed by atoms with van der Waals surface area (Å²) in [6, 6.07) is 3.25. The molecule has 0 unspecified atom stereocenters. The first-order valence-electron chi connectivity index (χ1n) is 3.67. The van der Waals surface area contributed by atoms with Crippen molar-refractivity contribution < 1.29 is 5.11 Å². The van der Waals surface area contributed by atoms with Crippen LogP contribution < -0.4 is 5.73 Å². The molecular weight excluding hydrogens is 220 g/mol. The lowest BCUT2D eigenvalue weighted by Gasteiger charge is -2.15. The van der Waals surface area contributed by atoms with Crippen LogP contribution in [0.15, 0.2) is 22.9 Å². The van der Waals surface area contributed by atoms with E-state index in [-0.39, 0.29) is 6.04 Å². The number of aromatic nitrogens is 1. The molecule has 0 fully saturated rings. The zero-order valence-electron chi connectivity index (χ0n) is 6.74. The van der Waals surface area contributed by atoms with Crippen LogP contribution >= 0.6 is 15.9 Å². The summed E-state index contributed by atoms with van der Waals surface area (Å²) in [7, 11) is 0. The Hall–Kier alpha value is -0.450. The lowest BCUT2D eigenvalue weighted by atomic mass is 10.1. The molecule has 0 radical (unpaired) electrons. The number of aliphatic hydroxyl groups excluding tert-OH is 1. The van der Waals surface area contributed by atoms with Crippen molar-refractivity contribution in [3.8, 4) is 0 Å². The second-order valence-corrected chi connectivity index (χ2v) is 3.40. The summed E-state index contributed by atoms with van der Waals surface area (Å²) in [6.45, 7) is 1.66. The summed E-state index contributed by atoms with van der Waals surface area (Å²) in [5, 5.41) is 9.23. The van der Waals surface area contributed by atoms with Crippen molar-refractivity contribution in [1.82, 2.24) is 4.98 Å². The van der Waals surface area contributed by atoms with Crippen LogP contribution in [0.4, 0.5) is 0 Å². The van der Waals surface area contributed by atoms with Gasteiger partial charge in [-0.1, -0.05) is 6.07 Å². The summed E-state index contributed by atoms with van der Waals surface area (Å²) in [6.07, 6.45) is 1.10. The van der Waals surface area contributed by atoms with Crippen molar-refractivity contribution in [2.45, 2.75) is 19.1 Å². The van der Waals surface area contributed by atoms with Gasteiger partial charge in [-0.25, -0.2) is 4.98 Å². The zero-order valence-corrected chi connectivity index (χ0v) is 8.32. The maximum Gasteiger partial charge on any atom is 0.110 e. The van der Waals surface area contributed by atoms with Crippen molar-refractivity contribution in [2.24, 2.45) is 5.73 Å². The van der Waals surface area contributed by atoms with E-state index in [1.54, 1.807) is 19.2 Å². The van der Waals surface area contributed by atoms with E-state index in [0.29, 0.717) is 4.60 Å². The number of pyridine rings is 1. The average molecular weight is 231 g/mol. The van der Waals surface area contributed by atoms with Crippen molar-refractivity contribution >= 4 is 15.9 Å². The number of aliphatic hydroxyl groups is 1. The van der Waals surface area contributed by atoms with Crippen molar-refractivity contribution in [3.05, 3.63) is 28.5 Å². The molecule has 66 valence electrons. The van der Waals surface area contributed by atoms with Crippen molar-refractivity contribution in [1.29, 1.82) is 0 Å². The fraction of sp³-hybridized carbons (Fsp3) is 0.375. The Balaban J connectivity index is 2.94. The minimum absolute atomic E-state index is 0.381. The third-order valence-electron chi connectivity index (χ3n) is 1.67. The Kier molecular flexibility index (Phi) is 3.20. The SMILES string of the molecule is C[C@H](O)[C@@H](N)c1cccnc1Br. The molecule has 1 rings (SSSR count). The highest BCUT2D eigenvalue weighted by Gasteiger charge is 2.14. The van der Waals surface area contributed by atoms with Gasteiger partial charge in [0.25, 0.3) is 0 Å². The van der Waals surface area contributed by atoms with Crippen LogP contribution in [0.1, 0.15) is 18.5 Å². The van der Waals surface area contributed by atoms with E-state index >= 15 is 0 Å². The topological polar surface area (TPSA) is 59.1 Å². The normalized spacial score (nSPS) is 15.7. The number of halogens is 1. The second-order valence-electron chi connectivity index (χ2n) is 2.65. The van der Waals surface area contributed by atoms with Gasteiger partial charge < -0.3 is 10.8 Å². The number of hydrogen-bond acceptors (Lipinski definition) is 3. The van der Waals surface area contributed by atoms with Crippen molar-refractivity contribution in [2.75, 3.05) is 0 Å². The summed E-state index contributed by atoms with van der Waals surface area (Å²) in [4.78, 5) is 4.01. The zero-order chi connectivity index (χ0) is 9.14. The van der Waals surface area contributed by atoms with Gasteiger partial charge in [-0.3, -0.25) is 0 Å². The second kappa shape index (κ2) is 3.98. The monoisotopic (exact) mass is 230 g/mol. The van der Waals surface area contributed by atoms with Gasteiger partial charge in [0, 0.05) is 11.8 Å². The summed E-state index contributed by atoms with van der Waals surface area (Å²) < 4.78 is 0.693. The van der Waals surface area contributed by atoms with Gasteiger partial charge in [0.05, 0.1) is 12.1 Å². The highest BCUT2D eigenvalue weighted by Crippen LogP contribution is 2.21. The molecule has 12 heavy (non-hydrogen) atoms. The Bertz CT molecular complexity index is 265. The Morgan fingerprint density at radius 3 is 2.83 bits per heavy atom. The summed E-state index contributed by atoms with van der Waals surface area (Å²) in [5.41, 5.74) is 6.55. The predicted octanol–water partition coefficient (Wildman–Crippen LogP) is 1.22. The lowest BCUT2D eigenvalue weighted by Crippen LogP contribution is -2.23. The van der Waals surface area contributed by atoms with Gasteiger partial charge in [0.2, 0.25) is 0 Å². The minimum atomic E-state index is -0.564. The molecule has 1 heterocycles. The quantitative estimate of drug-likeness (QED) is 0.752. The Morgan fingerprint density at radius 2 is 2.33 bits per heavy atom. The van der Waals surface area contributed by atoms with Crippen molar-refractivity contribution in [3.63, 3.8) is 0 Å². The highest BCUT2D eigenvalue weighted by atomic mass is 79.9. The van der Waals surface area contributed by atoms with E-state index in [2.05, 4.69) is 20.9 Å². The summed E-state index contributed by atoms with van der Waals surface area (Å²) in [5.74, 6) is 0. The van der Waals surface area contributed by atoms with Crippen LogP contribution in [-0.4, -0.2) is 16.2 Å². The standard InChI is InChI=1S/C8H11BrN2O/c1-5(12)7(10)6-3-2-4-11-8(6)9/h2-5,7,12H,10H2,1H3/t5-,7+/m0/s1. The van der Waals surface area contributed by atoms with Gasteiger partial charge >= 0.3 is 0 Å². The first kappa shape index (κ1) is 9.64. The molecule has 0 bridgehead atoms. The maximum atomic E-state index is 9.23. The molecule has 4 heteroatoms. The molecule has 0 aliphatic carbocycles. The van der Waals surface area contributed by atoms with Crippen LogP contribution in [-0.2, 0) is 0 Å². The third kappa shape index (κ3) is 2.03. The molecule has 0 saturated carbocycles. The predicted molar refractivity (Wildman–Crippen MR) is 50.5 cm³/mol. The van der Waals surface area contributed by atoms with Gasteiger partial charge in [0.15, 0.2) is 0 Å². The molecular formula is C8H11BrN2O. The molecule has 0 aromatic carbocycles. The van der Waals surface area contributed by atoms with E-state index in [1.807, 2.05) is 6.07 Å². The fourth-order valence-electron chi connectivity index (χ4n) is 0.907. The van der Waals surface area contributed by atoms with Crippen LogP contribution in [0.3, 0.4) is 0 Å². The number of hydrogen-bond donors (Lipinski definition) is 2. The van der Waals surface area contributed by atoms with E-state index in [4.69, 9.17) is 5.73 Å². The largest absolute Gasteiger partial charge is 0.391 e. The molecule has 3 N–H and O–H groups in total. The smallest absolute Gasteiger partial charge is 0.110 e. The number of rotatable bonds is 2. The molecule has 0 aliphatic heterocycles. The highest BCUT2D eigenvalue weighted by molar-refractivity contribution is 9.10. The maximum absolute atomic E-state index is 9.23. The van der Waals surface area contributed by atoms with Gasteiger partial charge in [-0.05, 0) is 28.9 Å². The lowest BCUT2D eigenvalue weighted by molar-refractivity contribution is 0.164. The van der Waals surface area contributed by atoms with E-state index < -0.39 is 6.10 Å². The van der Waals surface area contributed by atoms with E-state index in [0.717, 1.165) is 5.56 Å². The van der Waals surface area contributed by atoms with Crippen LogP contribution in [0.25, 0.3) is 0 Å². The summed E-state index contributed by atoms with van der Waals surface area (Å²) >= 11 is 3.26. The molecule has 1 aromatic rings. The molecule has 3 nitrogen and oxygen atoms in total. The first-order valence-corrected chi connectivity index (χ1v) is 4.46. The van der Waals surface area contributed by atoms with Crippen LogP contribution in [0, 0.1) is 0 Å². The average Bonchev–Trinajstić information content (AvgIpc) is 2.04. The minimum Gasteiger partial charge on any atom is -0.391 e. The Morgan fingerprint density at radius 1 is 1.67 bits per heavy atom. The van der Waals surface area contributed by atoms with Gasteiger partial charge in [-0.15, -0.1) is 0 Å². The van der Waals surface area contributed by atoms with E-state index in [1.165, 1.54) is 0 Å². The van der Waals surface area contributed by atoms with E-state index in [9.17, 15) is 5.11 Å². The van der Waals surface area contributed by atoms with Crippen LogP contribution in [0.2, 0.25) is 0 Å².